The molecule has 1 unspecified atom stereocenters. The molecule has 16 heavy (non-hydrogen) atoms. The molecule has 2 heteroatoms. The second-order valence-corrected chi connectivity index (χ2v) is 4.73. The Hall–Kier alpha value is -0.860. The first-order chi connectivity index (χ1) is 7.63. The van der Waals surface area contributed by atoms with Crippen molar-refractivity contribution in [2.24, 2.45) is 5.92 Å². The van der Waals surface area contributed by atoms with Gasteiger partial charge >= 0.3 is 0 Å². The van der Waals surface area contributed by atoms with Crippen LogP contribution < -0.4 is 0 Å². The fraction of sp³-hybridized carbons (Fsp3) is 0.571. The topological polar surface area (TPSA) is 40.5 Å². The fourth-order valence-electron chi connectivity index (χ4n) is 2.00. The summed E-state index contributed by atoms with van der Waals surface area (Å²) in [5.41, 5.74) is 2.30. The van der Waals surface area contributed by atoms with E-state index in [1.165, 1.54) is 0 Å². The van der Waals surface area contributed by atoms with Gasteiger partial charge in [0.1, 0.15) is 0 Å². The van der Waals surface area contributed by atoms with E-state index in [4.69, 9.17) is 5.11 Å². The highest BCUT2D eigenvalue weighted by atomic mass is 16.3. The standard InChI is InChI=1S/C14H22O2/c1-11(2)9-14(16)10-13-6-4-3-5-12(13)7-8-15/h3-6,11,14-16H,7-10H2,1-2H3. The molecule has 0 fully saturated rings. The summed E-state index contributed by atoms with van der Waals surface area (Å²) in [5.74, 6) is 0.514. The van der Waals surface area contributed by atoms with Crippen molar-refractivity contribution >= 4 is 0 Å². The second kappa shape index (κ2) is 6.66. The molecule has 90 valence electrons. The van der Waals surface area contributed by atoms with Gasteiger partial charge in [0.15, 0.2) is 0 Å². The van der Waals surface area contributed by atoms with E-state index in [9.17, 15) is 5.11 Å². The van der Waals surface area contributed by atoms with Crippen LogP contribution >= 0.6 is 0 Å². The quantitative estimate of drug-likeness (QED) is 0.774. The zero-order chi connectivity index (χ0) is 12.0. The van der Waals surface area contributed by atoms with Crippen LogP contribution in [0.3, 0.4) is 0 Å². The summed E-state index contributed by atoms with van der Waals surface area (Å²) in [6, 6.07) is 8.02. The summed E-state index contributed by atoms with van der Waals surface area (Å²) in [4.78, 5) is 0. The molecule has 0 heterocycles. The van der Waals surface area contributed by atoms with E-state index in [0.717, 1.165) is 17.5 Å². The molecule has 1 aromatic rings. The van der Waals surface area contributed by atoms with Gasteiger partial charge in [-0.3, -0.25) is 0 Å². The molecule has 2 N–H and O–H groups in total. The average Bonchev–Trinajstić information content (AvgIpc) is 2.20. The molecule has 0 aliphatic heterocycles. The van der Waals surface area contributed by atoms with Gasteiger partial charge in [-0.25, -0.2) is 0 Å². The third kappa shape index (κ3) is 4.33. The first kappa shape index (κ1) is 13.2. The molecule has 0 saturated carbocycles. The number of hydrogen-bond donors (Lipinski definition) is 2. The van der Waals surface area contributed by atoms with Crippen LogP contribution in [0.5, 0.6) is 0 Å². The lowest BCUT2D eigenvalue weighted by Gasteiger charge is -2.15. The molecule has 1 rings (SSSR count). The molecule has 0 aliphatic rings. The van der Waals surface area contributed by atoms with E-state index >= 15 is 0 Å². The SMILES string of the molecule is CC(C)CC(O)Cc1ccccc1CCO. The highest BCUT2D eigenvalue weighted by molar-refractivity contribution is 5.27. The van der Waals surface area contributed by atoms with Crippen molar-refractivity contribution in [1.29, 1.82) is 0 Å². The maximum Gasteiger partial charge on any atom is 0.0583 e. The maximum absolute atomic E-state index is 9.90. The predicted octanol–water partition coefficient (Wildman–Crippen LogP) is 2.17. The minimum Gasteiger partial charge on any atom is -0.396 e. The van der Waals surface area contributed by atoms with Crippen LogP contribution in [0.25, 0.3) is 0 Å². The molecular weight excluding hydrogens is 200 g/mol. The molecule has 0 saturated heterocycles. The maximum atomic E-state index is 9.90. The smallest absolute Gasteiger partial charge is 0.0583 e. The molecule has 0 amide bonds. The third-order valence-corrected chi connectivity index (χ3v) is 2.70. The summed E-state index contributed by atoms with van der Waals surface area (Å²) in [6.07, 6.45) is 1.91. The Morgan fingerprint density at radius 3 is 2.31 bits per heavy atom. The van der Waals surface area contributed by atoms with Crippen molar-refractivity contribution in [2.45, 2.75) is 39.2 Å². The van der Waals surface area contributed by atoms with E-state index in [1.807, 2.05) is 24.3 Å². The van der Waals surface area contributed by atoms with Gasteiger partial charge in [-0.05, 0) is 36.3 Å². The Labute approximate surface area is 97.9 Å². The fourth-order valence-corrected chi connectivity index (χ4v) is 2.00. The molecular formula is C14H22O2. The molecule has 0 aliphatic carbocycles. The van der Waals surface area contributed by atoms with Gasteiger partial charge in [0.2, 0.25) is 0 Å². The summed E-state index contributed by atoms with van der Waals surface area (Å²) in [6.45, 7) is 4.39. The molecule has 0 aromatic heterocycles. The highest BCUT2D eigenvalue weighted by Crippen LogP contribution is 2.15. The first-order valence-electron chi connectivity index (χ1n) is 5.99. The molecule has 0 spiro atoms. The molecule has 0 radical (unpaired) electrons. The number of aliphatic hydroxyl groups excluding tert-OH is 2. The molecule has 1 aromatic carbocycles. The van der Waals surface area contributed by atoms with Gasteiger partial charge in [-0.2, -0.15) is 0 Å². The monoisotopic (exact) mass is 222 g/mol. The number of benzene rings is 1. The van der Waals surface area contributed by atoms with Crippen molar-refractivity contribution in [3.63, 3.8) is 0 Å². The van der Waals surface area contributed by atoms with Crippen LogP contribution in [-0.2, 0) is 12.8 Å². The lowest BCUT2D eigenvalue weighted by molar-refractivity contribution is 0.148. The Balaban J connectivity index is 2.64. The van der Waals surface area contributed by atoms with Crippen LogP contribution in [-0.4, -0.2) is 22.9 Å². The number of aliphatic hydroxyl groups is 2. The minimum absolute atomic E-state index is 0.164. The van der Waals surface area contributed by atoms with Gasteiger partial charge in [-0.1, -0.05) is 38.1 Å². The molecule has 2 nitrogen and oxygen atoms in total. The zero-order valence-corrected chi connectivity index (χ0v) is 10.2. The van der Waals surface area contributed by atoms with E-state index in [0.29, 0.717) is 18.8 Å². The van der Waals surface area contributed by atoms with Crippen LogP contribution in [0.4, 0.5) is 0 Å². The summed E-state index contributed by atoms with van der Waals surface area (Å²) in [7, 11) is 0. The van der Waals surface area contributed by atoms with Gasteiger partial charge in [-0.15, -0.1) is 0 Å². The largest absolute Gasteiger partial charge is 0.396 e. The average molecular weight is 222 g/mol. The molecule has 1 atom stereocenters. The zero-order valence-electron chi connectivity index (χ0n) is 10.2. The first-order valence-corrected chi connectivity index (χ1v) is 5.99. The Bertz CT molecular complexity index is 307. The predicted molar refractivity (Wildman–Crippen MR) is 66.4 cm³/mol. The van der Waals surface area contributed by atoms with Crippen LogP contribution in [0.1, 0.15) is 31.4 Å². The van der Waals surface area contributed by atoms with Crippen LogP contribution in [0.15, 0.2) is 24.3 Å². The lowest BCUT2D eigenvalue weighted by atomic mass is 9.95. The molecule has 0 bridgehead atoms. The van der Waals surface area contributed by atoms with E-state index in [-0.39, 0.29) is 12.7 Å². The summed E-state index contributed by atoms with van der Waals surface area (Å²) >= 11 is 0. The second-order valence-electron chi connectivity index (χ2n) is 4.73. The van der Waals surface area contributed by atoms with Crippen LogP contribution in [0.2, 0.25) is 0 Å². The minimum atomic E-state index is -0.278. The van der Waals surface area contributed by atoms with Crippen molar-refractivity contribution < 1.29 is 10.2 Å². The van der Waals surface area contributed by atoms with Crippen LogP contribution in [0, 0.1) is 5.92 Å². The van der Waals surface area contributed by atoms with E-state index < -0.39 is 0 Å². The Morgan fingerprint density at radius 1 is 1.12 bits per heavy atom. The Morgan fingerprint density at radius 2 is 1.75 bits per heavy atom. The summed E-state index contributed by atoms with van der Waals surface area (Å²) < 4.78 is 0. The normalized spacial score (nSPS) is 13.1. The number of rotatable bonds is 6. The van der Waals surface area contributed by atoms with Crippen molar-refractivity contribution in [2.75, 3.05) is 6.61 Å². The lowest BCUT2D eigenvalue weighted by Crippen LogP contribution is -2.14. The van der Waals surface area contributed by atoms with Gasteiger partial charge in [0.25, 0.3) is 0 Å². The van der Waals surface area contributed by atoms with E-state index in [1.54, 1.807) is 0 Å². The van der Waals surface area contributed by atoms with Gasteiger partial charge < -0.3 is 10.2 Å². The van der Waals surface area contributed by atoms with E-state index in [2.05, 4.69) is 13.8 Å². The third-order valence-electron chi connectivity index (χ3n) is 2.70. The van der Waals surface area contributed by atoms with Crippen molar-refractivity contribution in [3.8, 4) is 0 Å². The highest BCUT2D eigenvalue weighted by Gasteiger charge is 2.10. The van der Waals surface area contributed by atoms with Gasteiger partial charge in [0, 0.05) is 6.61 Å². The van der Waals surface area contributed by atoms with Crippen molar-refractivity contribution in [1.82, 2.24) is 0 Å². The van der Waals surface area contributed by atoms with Crippen molar-refractivity contribution in [3.05, 3.63) is 35.4 Å². The number of hydrogen-bond acceptors (Lipinski definition) is 2. The van der Waals surface area contributed by atoms with Gasteiger partial charge in [0.05, 0.1) is 6.10 Å². The Kier molecular flexibility index (Phi) is 5.50. The summed E-state index contributed by atoms with van der Waals surface area (Å²) in [5, 5.41) is 18.9.